The third-order valence-corrected chi connectivity index (χ3v) is 3.56. The molecule has 0 bridgehead atoms. The first kappa shape index (κ1) is 16.2. The predicted octanol–water partition coefficient (Wildman–Crippen LogP) is 0.969. The van der Waals surface area contributed by atoms with Crippen LogP contribution in [0.3, 0.4) is 0 Å². The lowest BCUT2D eigenvalue weighted by Gasteiger charge is -2.17. The number of phenolic OH excluding ortho intramolecular Hbond substituents is 1. The molecule has 22 heavy (non-hydrogen) atoms. The largest absolute Gasteiger partial charge is 0.508 e. The standard InChI is InChI=1S/C14H14NO6P/c16-10-3-1-9(2-4-10)7-14(18)12-6-5-11(17)8-13(12)15-22(19,20)21/h1-6,16H,7-8H2,(H3,15,19,20,21). The average Bonchev–Trinajstić information content (AvgIpc) is 2.39. The van der Waals surface area contributed by atoms with Crippen molar-refractivity contribution in [1.82, 2.24) is 5.09 Å². The van der Waals surface area contributed by atoms with Crippen molar-refractivity contribution in [2.45, 2.75) is 12.8 Å². The number of aromatic hydroxyl groups is 1. The van der Waals surface area contributed by atoms with Crippen molar-refractivity contribution in [3.63, 3.8) is 0 Å². The number of allylic oxidation sites excluding steroid dienone is 4. The number of carbonyl (C=O) groups excluding carboxylic acids is 2. The third-order valence-electron chi connectivity index (χ3n) is 2.99. The maximum atomic E-state index is 12.3. The van der Waals surface area contributed by atoms with E-state index in [0.29, 0.717) is 5.56 Å². The number of hydrogen-bond acceptors (Lipinski definition) is 4. The lowest BCUT2D eigenvalue weighted by atomic mass is 9.95. The molecule has 0 spiro atoms. The molecule has 4 N–H and O–H groups in total. The smallest absolute Gasteiger partial charge is 0.427 e. The van der Waals surface area contributed by atoms with Crippen LogP contribution in [0.4, 0.5) is 0 Å². The van der Waals surface area contributed by atoms with E-state index in [1.165, 1.54) is 24.3 Å². The summed E-state index contributed by atoms with van der Waals surface area (Å²) in [4.78, 5) is 41.6. The first-order valence-corrected chi connectivity index (χ1v) is 7.95. The molecule has 116 valence electrons. The van der Waals surface area contributed by atoms with E-state index in [2.05, 4.69) is 0 Å². The maximum Gasteiger partial charge on any atom is 0.427 e. The molecule has 1 aromatic rings. The Kier molecular flexibility index (Phi) is 4.61. The Morgan fingerprint density at radius 2 is 1.82 bits per heavy atom. The second-order valence-electron chi connectivity index (χ2n) is 4.79. The molecule has 1 aromatic carbocycles. The molecule has 2 rings (SSSR count). The van der Waals surface area contributed by atoms with E-state index in [9.17, 15) is 19.3 Å². The van der Waals surface area contributed by atoms with Gasteiger partial charge in [-0.15, -0.1) is 0 Å². The monoisotopic (exact) mass is 323 g/mol. The summed E-state index contributed by atoms with van der Waals surface area (Å²) < 4.78 is 11.0. The van der Waals surface area contributed by atoms with E-state index in [1.54, 1.807) is 12.1 Å². The molecule has 1 aliphatic carbocycles. The highest BCUT2D eigenvalue weighted by Crippen LogP contribution is 2.33. The fourth-order valence-corrected chi connectivity index (χ4v) is 2.59. The Bertz CT molecular complexity index is 713. The first-order valence-electron chi connectivity index (χ1n) is 6.33. The van der Waals surface area contributed by atoms with Gasteiger partial charge >= 0.3 is 7.75 Å². The van der Waals surface area contributed by atoms with Crippen LogP contribution < -0.4 is 5.09 Å². The number of Topliss-reactive ketones (excluding diaryl/α,β-unsaturated/α-hetero) is 1. The van der Waals surface area contributed by atoms with Crippen molar-refractivity contribution in [2.75, 3.05) is 0 Å². The van der Waals surface area contributed by atoms with Crippen molar-refractivity contribution in [2.24, 2.45) is 0 Å². The summed E-state index contributed by atoms with van der Waals surface area (Å²) in [5.41, 5.74) is 0.622. The van der Waals surface area contributed by atoms with Gasteiger partial charge in [-0.25, -0.2) is 4.57 Å². The molecule has 8 heteroatoms. The van der Waals surface area contributed by atoms with Gasteiger partial charge < -0.3 is 14.9 Å². The highest BCUT2D eigenvalue weighted by atomic mass is 31.2. The van der Waals surface area contributed by atoms with Gasteiger partial charge in [-0.2, -0.15) is 0 Å². The zero-order valence-corrected chi connectivity index (χ0v) is 12.3. The molecule has 0 amide bonds. The van der Waals surface area contributed by atoms with Crippen molar-refractivity contribution < 1.29 is 29.0 Å². The summed E-state index contributed by atoms with van der Waals surface area (Å²) >= 11 is 0. The summed E-state index contributed by atoms with van der Waals surface area (Å²) in [5.74, 6) is -0.662. The maximum absolute atomic E-state index is 12.3. The minimum absolute atomic E-state index is 0.0134. The molecule has 0 saturated carbocycles. The van der Waals surface area contributed by atoms with Crippen LogP contribution in [-0.2, 0) is 20.6 Å². The Labute approximate surface area is 126 Å². The Morgan fingerprint density at radius 3 is 2.41 bits per heavy atom. The van der Waals surface area contributed by atoms with E-state index in [1.807, 2.05) is 5.09 Å². The van der Waals surface area contributed by atoms with Gasteiger partial charge in [0.15, 0.2) is 11.6 Å². The molecule has 0 aromatic heterocycles. The molecular formula is C14H14NO6P. The van der Waals surface area contributed by atoms with Crippen LogP contribution in [-0.4, -0.2) is 26.5 Å². The molecule has 0 saturated heterocycles. The van der Waals surface area contributed by atoms with Crippen molar-refractivity contribution in [3.8, 4) is 5.75 Å². The van der Waals surface area contributed by atoms with Crippen LogP contribution in [0.25, 0.3) is 0 Å². The molecule has 0 heterocycles. The van der Waals surface area contributed by atoms with Gasteiger partial charge in [0.1, 0.15) is 5.75 Å². The number of ketones is 2. The van der Waals surface area contributed by atoms with Crippen LogP contribution in [0.2, 0.25) is 0 Å². The van der Waals surface area contributed by atoms with Crippen molar-refractivity contribution in [1.29, 1.82) is 0 Å². The zero-order valence-electron chi connectivity index (χ0n) is 11.4. The van der Waals surface area contributed by atoms with Crippen molar-refractivity contribution >= 4 is 19.3 Å². The fourth-order valence-electron chi connectivity index (χ4n) is 2.04. The highest BCUT2D eigenvalue weighted by molar-refractivity contribution is 7.49. The molecule has 7 nitrogen and oxygen atoms in total. The zero-order chi connectivity index (χ0) is 16.3. The molecular weight excluding hydrogens is 309 g/mol. The lowest BCUT2D eigenvalue weighted by Crippen LogP contribution is -2.21. The van der Waals surface area contributed by atoms with E-state index in [4.69, 9.17) is 9.79 Å². The minimum Gasteiger partial charge on any atom is -0.508 e. The Morgan fingerprint density at radius 1 is 1.18 bits per heavy atom. The quantitative estimate of drug-likeness (QED) is 0.595. The van der Waals surface area contributed by atoms with Crippen LogP contribution in [0.5, 0.6) is 5.75 Å². The van der Waals surface area contributed by atoms with Crippen LogP contribution in [0.1, 0.15) is 12.0 Å². The van der Waals surface area contributed by atoms with Gasteiger partial charge in [0.2, 0.25) is 0 Å². The normalized spacial score (nSPS) is 15.1. The van der Waals surface area contributed by atoms with E-state index >= 15 is 0 Å². The topological polar surface area (TPSA) is 124 Å². The number of nitrogens with one attached hydrogen (secondary N) is 1. The fraction of sp³-hybridized carbons (Fsp3) is 0.143. The summed E-state index contributed by atoms with van der Waals surface area (Å²) in [5, 5.41) is 11.1. The number of carbonyl (C=O) groups is 2. The number of rotatable bonds is 5. The van der Waals surface area contributed by atoms with Gasteiger partial charge in [-0.3, -0.25) is 14.7 Å². The number of phenols is 1. The first-order chi connectivity index (χ1) is 10.2. The van der Waals surface area contributed by atoms with Crippen LogP contribution in [0.15, 0.2) is 47.7 Å². The molecule has 0 radical (unpaired) electrons. The molecule has 1 aliphatic rings. The van der Waals surface area contributed by atoms with Gasteiger partial charge in [0.25, 0.3) is 0 Å². The predicted molar refractivity (Wildman–Crippen MR) is 77.8 cm³/mol. The average molecular weight is 323 g/mol. The summed E-state index contributed by atoms with van der Waals surface area (Å²) in [6, 6.07) is 6.02. The third kappa shape index (κ3) is 4.39. The Hall–Kier alpha value is -2.21. The van der Waals surface area contributed by atoms with Gasteiger partial charge in [0.05, 0.1) is 6.42 Å². The lowest BCUT2D eigenvalue weighted by molar-refractivity contribution is -0.114. The van der Waals surface area contributed by atoms with E-state index in [0.717, 1.165) is 0 Å². The van der Waals surface area contributed by atoms with Gasteiger partial charge in [-0.05, 0) is 29.8 Å². The van der Waals surface area contributed by atoms with E-state index < -0.39 is 7.75 Å². The minimum atomic E-state index is -4.61. The SMILES string of the molecule is O=C1C=CC(C(=O)Cc2ccc(O)cc2)=C(NP(=O)(O)O)C1. The van der Waals surface area contributed by atoms with Crippen molar-refractivity contribution in [3.05, 3.63) is 53.3 Å². The molecule has 0 aliphatic heterocycles. The molecule has 0 fully saturated rings. The number of benzene rings is 1. The van der Waals surface area contributed by atoms with Crippen LogP contribution in [0, 0.1) is 0 Å². The molecule has 0 unspecified atom stereocenters. The summed E-state index contributed by atoms with van der Waals surface area (Å²) in [6.45, 7) is 0. The number of hydrogen-bond donors (Lipinski definition) is 4. The van der Waals surface area contributed by atoms with Gasteiger partial charge in [0, 0.05) is 17.7 Å². The second-order valence-corrected chi connectivity index (χ2v) is 6.10. The summed E-state index contributed by atoms with van der Waals surface area (Å²) in [6.07, 6.45) is 2.18. The van der Waals surface area contributed by atoms with Gasteiger partial charge in [-0.1, -0.05) is 12.1 Å². The van der Waals surface area contributed by atoms with E-state index in [-0.39, 0.29) is 41.4 Å². The Balaban J connectivity index is 2.25. The highest BCUT2D eigenvalue weighted by Gasteiger charge is 2.24. The summed E-state index contributed by atoms with van der Waals surface area (Å²) in [7, 11) is -4.61. The second kappa shape index (κ2) is 6.27. The van der Waals surface area contributed by atoms with Crippen LogP contribution >= 0.6 is 7.75 Å². The molecule has 0 atom stereocenters.